The molecule has 1 aromatic heterocycles. The fraction of sp³-hybridized carbons (Fsp3) is 0.125. The molecule has 0 saturated heterocycles. The molecule has 0 aliphatic heterocycles. The Balaban J connectivity index is 3.51. The number of alkyl halides is 2. The molecule has 15 heavy (non-hydrogen) atoms. The Morgan fingerprint density at radius 2 is 2.20 bits per heavy atom. The smallest absolute Gasteiger partial charge is 0.358 e. The molecule has 0 aliphatic rings. The molecule has 0 atom stereocenters. The minimum atomic E-state index is -3.14. The third-order valence-corrected chi connectivity index (χ3v) is 1.63. The van der Waals surface area contributed by atoms with Crippen LogP contribution in [-0.2, 0) is 0 Å². The third-order valence-electron chi connectivity index (χ3n) is 1.63. The van der Waals surface area contributed by atoms with Gasteiger partial charge in [0.1, 0.15) is 6.07 Å². The van der Waals surface area contributed by atoms with Crippen LogP contribution in [0.3, 0.4) is 0 Å². The molecular weight excluding hydrogens is 210 g/mol. The summed E-state index contributed by atoms with van der Waals surface area (Å²) in [5, 5.41) is 26.1. The van der Waals surface area contributed by atoms with Gasteiger partial charge in [0.2, 0.25) is 0 Å². The zero-order chi connectivity index (χ0) is 11.6. The SMILES string of the molecule is N#Cc1cnc(C(=O)O)c(O)c1C(F)F. The summed E-state index contributed by atoms with van der Waals surface area (Å²) in [5.41, 5.74) is -2.46. The molecule has 2 N–H and O–H groups in total. The molecule has 78 valence electrons. The second-order valence-corrected chi connectivity index (χ2v) is 2.50. The van der Waals surface area contributed by atoms with E-state index in [0.717, 1.165) is 0 Å². The molecule has 0 bridgehead atoms. The van der Waals surface area contributed by atoms with E-state index in [4.69, 9.17) is 15.5 Å². The van der Waals surface area contributed by atoms with Crippen LogP contribution in [0.5, 0.6) is 5.75 Å². The Hall–Kier alpha value is -2.23. The van der Waals surface area contributed by atoms with Crippen molar-refractivity contribution in [2.45, 2.75) is 6.43 Å². The number of aromatic hydroxyl groups is 1. The molecule has 0 amide bonds. The molecule has 0 spiro atoms. The lowest BCUT2D eigenvalue weighted by Crippen LogP contribution is -2.04. The van der Waals surface area contributed by atoms with Gasteiger partial charge in [-0.3, -0.25) is 0 Å². The quantitative estimate of drug-likeness (QED) is 0.773. The molecule has 5 nitrogen and oxygen atoms in total. The van der Waals surface area contributed by atoms with Gasteiger partial charge in [0.25, 0.3) is 6.43 Å². The van der Waals surface area contributed by atoms with E-state index in [9.17, 15) is 13.6 Å². The number of pyridine rings is 1. The van der Waals surface area contributed by atoms with Gasteiger partial charge in [-0.25, -0.2) is 18.6 Å². The van der Waals surface area contributed by atoms with Crippen molar-refractivity contribution in [3.63, 3.8) is 0 Å². The molecule has 0 unspecified atom stereocenters. The number of aromatic carboxylic acids is 1. The van der Waals surface area contributed by atoms with Gasteiger partial charge in [0.05, 0.1) is 11.1 Å². The number of hydrogen-bond donors (Lipinski definition) is 2. The molecule has 1 heterocycles. The predicted molar refractivity (Wildman–Crippen MR) is 42.5 cm³/mol. The number of carbonyl (C=O) groups is 1. The van der Waals surface area contributed by atoms with Crippen LogP contribution in [-0.4, -0.2) is 21.2 Å². The highest BCUT2D eigenvalue weighted by atomic mass is 19.3. The first kappa shape index (κ1) is 10.8. The zero-order valence-corrected chi connectivity index (χ0v) is 7.11. The Morgan fingerprint density at radius 3 is 2.60 bits per heavy atom. The normalized spacial score (nSPS) is 10.0. The molecule has 0 aromatic carbocycles. The average Bonchev–Trinajstić information content (AvgIpc) is 2.15. The van der Waals surface area contributed by atoms with E-state index >= 15 is 0 Å². The van der Waals surface area contributed by atoms with Crippen LogP contribution in [0, 0.1) is 11.3 Å². The van der Waals surface area contributed by atoms with Gasteiger partial charge >= 0.3 is 5.97 Å². The van der Waals surface area contributed by atoms with Gasteiger partial charge in [0, 0.05) is 6.20 Å². The molecule has 0 fully saturated rings. The summed E-state index contributed by atoms with van der Waals surface area (Å²) in [4.78, 5) is 13.6. The number of nitrogens with zero attached hydrogens (tertiary/aromatic N) is 2. The van der Waals surface area contributed by atoms with Crippen LogP contribution in [0.4, 0.5) is 8.78 Å². The molecule has 1 rings (SSSR count). The number of hydrogen-bond acceptors (Lipinski definition) is 4. The number of rotatable bonds is 2. The van der Waals surface area contributed by atoms with E-state index in [-0.39, 0.29) is 0 Å². The Bertz CT molecular complexity index is 454. The van der Waals surface area contributed by atoms with Crippen LogP contribution in [0.25, 0.3) is 0 Å². The Labute approximate surface area is 82.2 Å². The first-order valence-electron chi connectivity index (χ1n) is 3.62. The highest BCUT2D eigenvalue weighted by molar-refractivity contribution is 5.89. The number of carboxylic acid groups (broad SMARTS) is 1. The standard InChI is InChI=1S/C8H4F2N2O3/c9-7(10)4-3(1-11)2-12-5(6(4)13)8(14)15/h2,7,13H,(H,14,15). The van der Waals surface area contributed by atoms with Crippen molar-refractivity contribution in [3.05, 3.63) is 23.0 Å². The van der Waals surface area contributed by atoms with Crippen molar-refractivity contribution in [1.29, 1.82) is 5.26 Å². The number of carboxylic acids is 1. The van der Waals surface area contributed by atoms with Gasteiger partial charge < -0.3 is 10.2 Å². The lowest BCUT2D eigenvalue weighted by atomic mass is 10.1. The van der Waals surface area contributed by atoms with E-state index in [2.05, 4.69) is 4.98 Å². The van der Waals surface area contributed by atoms with E-state index < -0.39 is 35.0 Å². The van der Waals surface area contributed by atoms with Gasteiger partial charge in [0.15, 0.2) is 11.4 Å². The number of aromatic nitrogens is 1. The molecule has 0 radical (unpaired) electrons. The summed E-state index contributed by atoms with van der Waals surface area (Å²) < 4.78 is 24.8. The van der Waals surface area contributed by atoms with Crippen molar-refractivity contribution in [1.82, 2.24) is 4.98 Å². The van der Waals surface area contributed by atoms with Crippen LogP contribution in [0.2, 0.25) is 0 Å². The third kappa shape index (κ3) is 1.83. The fourth-order valence-corrected chi connectivity index (χ4v) is 0.981. The van der Waals surface area contributed by atoms with E-state index in [1.54, 1.807) is 0 Å². The van der Waals surface area contributed by atoms with E-state index in [1.807, 2.05) is 0 Å². The maximum absolute atomic E-state index is 12.4. The first-order valence-corrected chi connectivity index (χ1v) is 3.62. The summed E-state index contributed by atoms with van der Waals surface area (Å²) >= 11 is 0. The summed E-state index contributed by atoms with van der Waals surface area (Å²) in [6, 6.07) is 1.39. The van der Waals surface area contributed by atoms with Crippen molar-refractivity contribution in [3.8, 4) is 11.8 Å². The summed E-state index contributed by atoms with van der Waals surface area (Å²) in [6.07, 6.45) is -2.45. The Morgan fingerprint density at radius 1 is 1.60 bits per heavy atom. The van der Waals surface area contributed by atoms with E-state index in [0.29, 0.717) is 6.20 Å². The lowest BCUT2D eigenvalue weighted by molar-refractivity contribution is 0.0685. The van der Waals surface area contributed by atoms with Crippen molar-refractivity contribution in [2.75, 3.05) is 0 Å². The maximum atomic E-state index is 12.4. The van der Waals surface area contributed by atoms with Gasteiger partial charge in [-0.2, -0.15) is 5.26 Å². The number of halogens is 2. The lowest BCUT2D eigenvalue weighted by Gasteiger charge is -2.06. The summed E-state index contributed by atoms with van der Waals surface area (Å²) in [7, 11) is 0. The van der Waals surface area contributed by atoms with Crippen molar-refractivity contribution >= 4 is 5.97 Å². The average molecular weight is 214 g/mol. The minimum absolute atomic E-state index is 0.549. The minimum Gasteiger partial charge on any atom is -0.505 e. The zero-order valence-electron chi connectivity index (χ0n) is 7.11. The largest absolute Gasteiger partial charge is 0.505 e. The molecular formula is C8H4F2N2O3. The van der Waals surface area contributed by atoms with Crippen LogP contribution in [0.15, 0.2) is 6.20 Å². The summed E-state index contributed by atoms with van der Waals surface area (Å²) in [5.74, 6) is -2.81. The Kier molecular flexibility index (Phi) is 2.80. The van der Waals surface area contributed by atoms with Crippen molar-refractivity contribution < 1.29 is 23.8 Å². The maximum Gasteiger partial charge on any atom is 0.358 e. The predicted octanol–water partition coefficient (Wildman–Crippen LogP) is 1.29. The molecule has 0 aliphatic carbocycles. The van der Waals surface area contributed by atoms with Crippen molar-refractivity contribution in [2.24, 2.45) is 0 Å². The fourth-order valence-electron chi connectivity index (χ4n) is 0.981. The topological polar surface area (TPSA) is 94.2 Å². The second-order valence-electron chi connectivity index (χ2n) is 2.50. The van der Waals surface area contributed by atoms with E-state index in [1.165, 1.54) is 6.07 Å². The first-order chi connectivity index (χ1) is 6.99. The molecule has 7 heteroatoms. The second kappa shape index (κ2) is 3.88. The van der Waals surface area contributed by atoms with Gasteiger partial charge in [-0.15, -0.1) is 0 Å². The molecule has 0 saturated carbocycles. The highest BCUT2D eigenvalue weighted by Crippen LogP contribution is 2.32. The molecule has 1 aromatic rings. The van der Waals surface area contributed by atoms with Crippen LogP contribution in [0.1, 0.15) is 28.0 Å². The van der Waals surface area contributed by atoms with Crippen LogP contribution < -0.4 is 0 Å². The number of nitriles is 1. The summed E-state index contributed by atoms with van der Waals surface area (Å²) in [6.45, 7) is 0. The monoisotopic (exact) mass is 214 g/mol. The highest BCUT2D eigenvalue weighted by Gasteiger charge is 2.24. The van der Waals surface area contributed by atoms with Gasteiger partial charge in [-0.1, -0.05) is 0 Å². The van der Waals surface area contributed by atoms with Crippen LogP contribution >= 0.6 is 0 Å². The van der Waals surface area contributed by atoms with Gasteiger partial charge in [-0.05, 0) is 0 Å².